The Morgan fingerprint density at radius 2 is 2.00 bits per heavy atom. The van der Waals surface area contributed by atoms with Crippen molar-refractivity contribution in [1.29, 1.82) is 0 Å². The van der Waals surface area contributed by atoms with E-state index < -0.39 is 0 Å². The highest BCUT2D eigenvalue weighted by Crippen LogP contribution is 2.34. The Balaban J connectivity index is 1.33. The molecule has 2 fully saturated rings. The van der Waals surface area contributed by atoms with E-state index in [0.717, 1.165) is 12.8 Å². The predicted molar refractivity (Wildman–Crippen MR) is 104 cm³/mol. The highest BCUT2D eigenvalue weighted by Gasteiger charge is 2.38. The zero-order valence-corrected chi connectivity index (χ0v) is 16.6. The number of nitrogens with zero attached hydrogens (tertiary/aromatic N) is 3. The zero-order chi connectivity index (χ0) is 19.0. The standard InChI is InChI=1S/C19H22Cl2N4O2/c1-24-14-3-4-15(24)10-13(9-14)22-19(26)17-6-7-25(23-17)11-27-18-5-2-12(20)8-16(18)21/h2,5-8,13-15H,3-4,9-11H2,1H3,(H,22,26). The summed E-state index contributed by atoms with van der Waals surface area (Å²) in [5.41, 5.74) is 0.395. The molecule has 2 aliphatic rings. The zero-order valence-electron chi connectivity index (χ0n) is 15.1. The van der Waals surface area contributed by atoms with Gasteiger partial charge in [0.15, 0.2) is 6.73 Å². The first-order valence-corrected chi connectivity index (χ1v) is 9.89. The minimum atomic E-state index is -0.132. The van der Waals surface area contributed by atoms with Crippen LogP contribution in [-0.4, -0.2) is 45.8 Å². The van der Waals surface area contributed by atoms with Crippen molar-refractivity contribution in [2.24, 2.45) is 0 Å². The summed E-state index contributed by atoms with van der Waals surface area (Å²) in [7, 11) is 2.19. The van der Waals surface area contributed by atoms with Crippen molar-refractivity contribution in [2.75, 3.05) is 7.05 Å². The summed E-state index contributed by atoms with van der Waals surface area (Å²) in [6.07, 6.45) is 6.20. The van der Waals surface area contributed by atoms with E-state index in [9.17, 15) is 4.79 Å². The molecule has 2 saturated heterocycles. The predicted octanol–water partition coefficient (Wildman–Crippen LogP) is 3.58. The lowest BCUT2D eigenvalue weighted by Gasteiger charge is -2.36. The van der Waals surface area contributed by atoms with E-state index in [1.54, 1.807) is 35.1 Å². The number of hydrogen-bond acceptors (Lipinski definition) is 4. The molecule has 4 rings (SSSR count). The van der Waals surface area contributed by atoms with Gasteiger partial charge in [0.25, 0.3) is 5.91 Å². The smallest absolute Gasteiger partial charge is 0.271 e. The van der Waals surface area contributed by atoms with Gasteiger partial charge < -0.3 is 15.0 Å². The molecule has 2 aromatic rings. The lowest BCUT2D eigenvalue weighted by atomic mass is 9.98. The molecule has 0 saturated carbocycles. The number of fused-ring (bicyclic) bond motifs is 2. The van der Waals surface area contributed by atoms with Crippen molar-refractivity contribution in [3.8, 4) is 5.75 Å². The highest BCUT2D eigenvalue weighted by molar-refractivity contribution is 6.35. The van der Waals surface area contributed by atoms with Crippen LogP contribution in [0.4, 0.5) is 0 Å². The lowest BCUT2D eigenvalue weighted by molar-refractivity contribution is 0.0875. The van der Waals surface area contributed by atoms with Crippen LogP contribution in [0.15, 0.2) is 30.5 Å². The van der Waals surface area contributed by atoms with E-state index in [1.807, 2.05) is 0 Å². The van der Waals surface area contributed by atoms with E-state index in [4.69, 9.17) is 27.9 Å². The molecule has 6 nitrogen and oxygen atoms in total. The van der Waals surface area contributed by atoms with Gasteiger partial charge in [-0.25, -0.2) is 4.68 Å². The molecular formula is C19H22Cl2N4O2. The van der Waals surface area contributed by atoms with Crippen LogP contribution in [-0.2, 0) is 6.73 Å². The van der Waals surface area contributed by atoms with Crippen LogP contribution >= 0.6 is 23.2 Å². The van der Waals surface area contributed by atoms with Crippen molar-refractivity contribution >= 4 is 29.1 Å². The third-order valence-corrected chi connectivity index (χ3v) is 6.08. The Kier molecular flexibility index (Phi) is 5.30. The molecule has 144 valence electrons. The van der Waals surface area contributed by atoms with Crippen molar-refractivity contribution in [3.05, 3.63) is 46.2 Å². The number of aromatic nitrogens is 2. The third kappa shape index (κ3) is 4.08. The summed E-state index contributed by atoms with van der Waals surface area (Å²) < 4.78 is 7.21. The summed E-state index contributed by atoms with van der Waals surface area (Å²) in [4.78, 5) is 15.0. The largest absolute Gasteiger partial charge is 0.470 e. The van der Waals surface area contributed by atoms with Crippen LogP contribution in [0, 0.1) is 0 Å². The van der Waals surface area contributed by atoms with Gasteiger partial charge in [0, 0.05) is 29.3 Å². The van der Waals surface area contributed by atoms with Crippen LogP contribution in [0.3, 0.4) is 0 Å². The average molecular weight is 409 g/mol. The Morgan fingerprint density at radius 3 is 2.70 bits per heavy atom. The molecule has 0 aliphatic carbocycles. The van der Waals surface area contributed by atoms with Gasteiger partial charge in [-0.05, 0) is 57.0 Å². The highest BCUT2D eigenvalue weighted by atomic mass is 35.5. The van der Waals surface area contributed by atoms with Gasteiger partial charge in [-0.3, -0.25) is 4.79 Å². The first kappa shape index (κ1) is 18.6. The molecule has 2 bridgehead atoms. The van der Waals surface area contributed by atoms with Crippen LogP contribution in [0.5, 0.6) is 5.75 Å². The van der Waals surface area contributed by atoms with Crippen molar-refractivity contribution < 1.29 is 9.53 Å². The first-order chi connectivity index (χ1) is 13.0. The fourth-order valence-electron chi connectivity index (χ4n) is 4.07. The maximum atomic E-state index is 12.5. The Labute approximate surface area is 168 Å². The number of benzene rings is 1. The number of ether oxygens (including phenoxy) is 1. The van der Waals surface area contributed by atoms with Gasteiger partial charge in [0.05, 0.1) is 5.02 Å². The summed E-state index contributed by atoms with van der Waals surface area (Å²) in [5, 5.41) is 8.43. The molecule has 1 aromatic heterocycles. The molecule has 1 amide bonds. The van der Waals surface area contributed by atoms with Gasteiger partial charge in [-0.1, -0.05) is 23.2 Å². The molecule has 1 N–H and O–H groups in total. The van der Waals surface area contributed by atoms with E-state index >= 15 is 0 Å². The first-order valence-electron chi connectivity index (χ1n) is 9.13. The van der Waals surface area contributed by atoms with Crippen molar-refractivity contribution in [3.63, 3.8) is 0 Å². The van der Waals surface area contributed by atoms with Gasteiger partial charge in [-0.15, -0.1) is 0 Å². The number of hydrogen-bond donors (Lipinski definition) is 1. The summed E-state index contributed by atoms with van der Waals surface area (Å²) >= 11 is 12.0. The fraction of sp³-hybridized carbons (Fsp3) is 0.474. The minimum absolute atomic E-state index is 0.132. The number of rotatable bonds is 5. The molecule has 2 aliphatic heterocycles. The molecule has 1 aromatic carbocycles. The topological polar surface area (TPSA) is 59.4 Å². The SMILES string of the molecule is CN1C2CCC1CC(NC(=O)c1ccn(COc3ccc(Cl)cc3Cl)n1)C2. The van der Waals surface area contributed by atoms with E-state index in [2.05, 4.69) is 22.4 Å². The van der Waals surface area contributed by atoms with Gasteiger partial charge in [0.1, 0.15) is 11.4 Å². The minimum Gasteiger partial charge on any atom is -0.470 e. The summed E-state index contributed by atoms with van der Waals surface area (Å²) in [5.74, 6) is 0.386. The second-order valence-electron chi connectivity index (χ2n) is 7.28. The Hall–Kier alpha value is -1.76. The molecule has 0 spiro atoms. The van der Waals surface area contributed by atoms with Crippen LogP contribution in [0.1, 0.15) is 36.2 Å². The Morgan fingerprint density at radius 1 is 1.26 bits per heavy atom. The molecular weight excluding hydrogens is 387 g/mol. The average Bonchev–Trinajstić information content (AvgIpc) is 3.16. The third-order valence-electron chi connectivity index (χ3n) is 5.55. The van der Waals surface area contributed by atoms with E-state index in [-0.39, 0.29) is 18.7 Å². The summed E-state index contributed by atoms with van der Waals surface area (Å²) in [6, 6.07) is 8.13. The molecule has 0 radical (unpaired) electrons. The number of carbonyl (C=O) groups is 1. The lowest BCUT2D eigenvalue weighted by Crippen LogP contribution is -2.48. The van der Waals surface area contributed by atoms with Crippen molar-refractivity contribution in [1.82, 2.24) is 20.0 Å². The monoisotopic (exact) mass is 408 g/mol. The number of carbonyl (C=O) groups excluding carboxylic acids is 1. The molecule has 3 heterocycles. The second-order valence-corrected chi connectivity index (χ2v) is 8.12. The van der Waals surface area contributed by atoms with Gasteiger partial charge in [-0.2, -0.15) is 5.10 Å². The van der Waals surface area contributed by atoms with Crippen LogP contribution < -0.4 is 10.1 Å². The van der Waals surface area contributed by atoms with Gasteiger partial charge in [0.2, 0.25) is 0 Å². The Bertz CT molecular complexity index is 827. The van der Waals surface area contributed by atoms with Gasteiger partial charge >= 0.3 is 0 Å². The number of piperidine rings is 1. The normalized spacial score (nSPS) is 24.8. The number of halogens is 2. The molecule has 2 unspecified atom stereocenters. The number of nitrogens with one attached hydrogen (secondary N) is 1. The van der Waals surface area contributed by atoms with E-state index in [1.165, 1.54) is 12.8 Å². The quantitative estimate of drug-likeness (QED) is 0.820. The van der Waals surface area contributed by atoms with Crippen LogP contribution in [0.25, 0.3) is 0 Å². The summed E-state index contributed by atoms with van der Waals surface area (Å²) in [6.45, 7) is 0.160. The van der Waals surface area contributed by atoms with E-state index in [0.29, 0.717) is 33.6 Å². The maximum absolute atomic E-state index is 12.5. The molecule has 27 heavy (non-hydrogen) atoms. The fourth-order valence-corrected chi connectivity index (χ4v) is 4.53. The van der Waals surface area contributed by atoms with Crippen LogP contribution in [0.2, 0.25) is 10.0 Å². The van der Waals surface area contributed by atoms with Crippen molar-refractivity contribution in [2.45, 2.75) is 50.5 Å². The number of amides is 1. The second kappa shape index (κ2) is 7.70. The maximum Gasteiger partial charge on any atom is 0.271 e. The molecule has 2 atom stereocenters. The molecule has 8 heteroatoms.